The lowest BCUT2D eigenvalue weighted by Crippen LogP contribution is -2.26. The molecule has 1 N–H and O–H groups in total. The van der Waals surface area contributed by atoms with E-state index in [9.17, 15) is 0 Å². The van der Waals surface area contributed by atoms with Crippen molar-refractivity contribution in [2.24, 2.45) is 5.92 Å². The lowest BCUT2D eigenvalue weighted by molar-refractivity contribution is 0.156. The third-order valence-corrected chi connectivity index (χ3v) is 3.21. The van der Waals surface area contributed by atoms with E-state index in [1.54, 1.807) is 0 Å². The molecule has 0 radical (unpaired) electrons. The highest BCUT2D eigenvalue weighted by Gasteiger charge is 2.15. The molecule has 0 fully saturated rings. The third kappa shape index (κ3) is 4.51. The van der Waals surface area contributed by atoms with Crippen LogP contribution in [0.2, 0.25) is 0 Å². The largest absolute Gasteiger partial charge is 0.460 e. The highest BCUT2D eigenvalue weighted by atomic mass is 16.5. The van der Waals surface area contributed by atoms with E-state index in [1.807, 2.05) is 13.8 Å². The minimum atomic E-state index is 0.0661. The molecule has 1 rings (SSSR count). The van der Waals surface area contributed by atoms with Crippen LogP contribution in [-0.4, -0.2) is 40.7 Å². The second-order valence-corrected chi connectivity index (χ2v) is 5.01. The summed E-state index contributed by atoms with van der Waals surface area (Å²) in [6.07, 6.45) is 0.0661. The lowest BCUT2D eigenvalue weighted by atomic mass is 10.1. The van der Waals surface area contributed by atoms with Gasteiger partial charge >= 0.3 is 6.01 Å². The number of aromatic nitrogens is 3. The van der Waals surface area contributed by atoms with Crippen molar-refractivity contribution in [3.8, 4) is 6.01 Å². The molecule has 20 heavy (non-hydrogen) atoms. The summed E-state index contributed by atoms with van der Waals surface area (Å²) in [7, 11) is 0. The summed E-state index contributed by atoms with van der Waals surface area (Å²) in [6.45, 7) is 14.9. The standard InChI is InChI=1S/C14H27N5O/c1-7-15-12-16-13(19(8-2)9-3)18-14(17-12)20-11(6)10(4)5/h10-11H,7-9H2,1-6H3,(H,15,16,17,18). The van der Waals surface area contributed by atoms with E-state index in [-0.39, 0.29) is 6.10 Å². The van der Waals surface area contributed by atoms with Crippen LogP contribution in [0.25, 0.3) is 0 Å². The van der Waals surface area contributed by atoms with Gasteiger partial charge in [-0.2, -0.15) is 15.0 Å². The van der Waals surface area contributed by atoms with Crippen molar-refractivity contribution in [3.05, 3.63) is 0 Å². The first-order chi connectivity index (χ1) is 9.51. The van der Waals surface area contributed by atoms with Crippen LogP contribution >= 0.6 is 0 Å². The van der Waals surface area contributed by atoms with Gasteiger partial charge in [-0.1, -0.05) is 13.8 Å². The van der Waals surface area contributed by atoms with Gasteiger partial charge < -0.3 is 15.0 Å². The van der Waals surface area contributed by atoms with Gasteiger partial charge in [-0.05, 0) is 33.6 Å². The SMILES string of the molecule is CCNc1nc(OC(C)C(C)C)nc(N(CC)CC)n1. The zero-order valence-corrected chi connectivity index (χ0v) is 13.5. The van der Waals surface area contributed by atoms with Gasteiger partial charge in [0, 0.05) is 19.6 Å². The molecule has 0 aliphatic heterocycles. The normalized spacial score (nSPS) is 12.3. The summed E-state index contributed by atoms with van der Waals surface area (Å²) in [5.41, 5.74) is 0. The van der Waals surface area contributed by atoms with Gasteiger partial charge in [0.05, 0.1) is 0 Å². The Hall–Kier alpha value is -1.59. The van der Waals surface area contributed by atoms with E-state index in [2.05, 4.69) is 52.9 Å². The Kier molecular flexibility index (Phi) is 6.48. The van der Waals surface area contributed by atoms with Crippen LogP contribution in [0, 0.1) is 5.92 Å². The van der Waals surface area contributed by atoms with Crippen LogP contribution in [0.5, 0.6) is 6.01 Å². The van der Waals surface area contributed by atoms with Crippen molar-refractivity contribution >= 4 is 11.9 Å². The van der Waals surface area contributed by atoms with Crippen LogP contribution in [0.4, 0.5) is 11.9 Å². The molecule has 0 saturated carbocycles. The van der Waals surface area contributed by atoms with Crippen molar-refractivity contribution in [2.45, 2.75) is 47.6 Å². The molecular weight excluding hydrogens is 254 g/mol. The molecule has 0 saturated heterocycles. The number of nitrogens with one attached hydrogen (secondary N) is 1. The molecule has 6 heteroatoms. The monoisotopic (exact) mass is 281 g/mol. The highest BCUT2D eigenvalue weighted by Crippen LogP contribution is 2.17. The fraction of sp³-hybridized carbons (Fsp3) is 0.786. The Bertz CT molecular complexity index is 407. The van der Waals surface area contributed by atoms with E-state index in [1.165, 1.54) is 0 Å². The van der Waals surface area contributed by atoms with Gasteiger partial charge in [0.1, 0.15) is 6.10 Å². The van der Waals surface area contributed by atoms with Gasteiger partial charge in [0.15, 0.2) is 0 Å². The molecule has 1 atom stereocenters. The molecule has 0 aliphatic rings. The average Bonchev–Trinajstić information content (AvgIpc) is 2.40. The molecule has 0 amide bonds. The number of rotatable bonds is 8. The Morgan fingerprint density at radius 1 is 1.05 bits per heavy atom. The second kappa shape index (κ2) is 7.87. The van der Waals surface area contributed by atoms with Crippen LogP contribution in [0.3, 0.4) is 0 Å². The fourth-order valence-electron chi connectivity index (χ4n) is 1.59. The molecule has 1 aromatic rings. The number of anilines is 2. The second-order valence-electron chi connectivity index (χ2n) is 5.01. The average molecular weight is 281 g/mol. The molecule has 0 aliphatic carbocycles. The molecule has 0 spiro atoms. The maximum absolute atomic E-state index is 5.81. The first kappa shape index (κ1) is 16.5. The molecule has 1 aromatic heterocycles. The smallest absolute Gasteiger partial charge is 0.323 e. The minimum absolute atomic E-state index is 0.0661. The van der Waals surface area contributed by atoms with E-state index in [0.29, 0.717) is 23.8 Å². The van der Waals surface area contributed by atoms with Gasteiger partial charge in [-0.25, -0.2) is 0 Å². The summed E-state index contributed by atoms with van der Waals surface area (Å²) in [5, 5.41) is 3.12. The maximum Gasteiger partial charge on any atom is 0.323 e. The van der Waals surface area contributed by atoms with Gasteiger partial charge in [-0.15, -0.1) is 0 Å². The Labute approximate surface area is 122 Å². The fourth-order valence-corrected chi connectivity index (χ4v) is 1.59. The number of hydrogen-bond donors (Lipinski definition) is 1. The van der Waals surface area contributed by atoms with Crippen molar-refractivity contribution in [3.63, 3.8) is 0 Å². The Balaban J connectivity index is 3.03. The first-order valence-corrected chi connectivity index (χ1v) is 7.43. The van der Waals surface area contributed by atoms with Crippen LogP contribution < -0.4 is 15.0 Å². The summed E-state index contributed by atoms with van der Waals surface area (Å²) in [4.78, 5) is 15.2. The highest BCUT2D eigenvalue weighted by molar-refractivity contribution is 5.38. The summed E-state index contributed by atoms with van der Waals surface area (Å²) in [5.74, 6) is 1.63. The quantitative estimate of drug-likeness (QED) is 0.790. The topological polar surface area (TPSA) is 63.2 Å². The number of nitrogens with zero attached hydrogens (tertiary/aromatic N) is 4. The zero-order chi connectivity index (χ0) is 15.1. The number of ether oxygens (including phenoxy) is 1. The van der Waals surface area contributed by atoms with Crippen molar-refractivity contribution in [1.82, 2.24) is 15.0 Å². The third-order valence-electron chi connectivity index (χ3n) is 3.21. The molecule has 1 heterocycles. The first-order valence-electron chi connectivity index (χ1n) is 7.43. The van der Waals surface area contributed by atoms with E-state index in [4.69, 9.17) is 4.74 Å². The van der Waals surface area contributed by atoms with Crippen LogP contribution in [0.15, 0.2) is 0 Å². The predicted molar refractivity (Wildman–Crippen MR) is 82.5 cm³/mol. The summed E-state index contributed by atoms with van der Waals surface area (Å²) < 4.78 is 5.81. The summed E-state index contributed by atoms with van der Waals surface area (Å²) >= 11 is 0. The van der Waals surface area contributed by atoms with E-state index < -0.39 is 0 Å². The molecule has 6 nitrogen and oxygen atoms in total. The molecule has 1 unspecified atom stereocenters. The maximum atomic E-state index is 5.81. The van der Waals surface area contributed by atoms with Crippen molar-refractivity contribution in [2.75, 3.05) is 29.9 Å². The van der Waals surface area contributed by atoms with Crippen LogP contribution in [-0.2, 0) is 0 Å². The Morgan fingerprint density at radius 2 is 1.70 bits per heavy atom. The van der Waals surface area contributed by atoms with E-state index >= 15 is 0 Å². The molecule has 0 bridgehead atoms. The number of hydrogen-bond acceptors (Lipinski definition) is 6. The molecule has 0 aromatic carbocycles. The zero-order valence-electron chi connectivity index (χ0n) is 13.5. The minimum Gasteiger partial charge on any atom is -0.460 e. The van der Waals surface area contributed by atoms with Gasteiger partial charge in [0.2, 0.25) is 11.9 Å². The van der Waals surface area contributed by atoms with Crippen molar-refractivity contribution < 1.29 is 4.74 Å². The Morgan fingerprint density at radius 3 is 2.20 bits per heavy atom. The van der Waals surface area contributed by atoms with Gasteiger partial charge in [-0.3, -0.25) is 0 Å². The van der Waals surface area contributed by atoms with Gasteiger partial charge in [0.25, 0.3) is 0 Å². The van der Waals surface area contributed by atoms with Crippen molar-refractivity contribution in [1.29, 1.82) is 0 Å². The lowest BCUT2D eigenvalue weighted by Gasteiger charge is -2.21. The molecular formula is C14H27N5O. The van der Waals surface area contributed by atoms with E-state index in [0.717, 1.165) is 19.6 Å². The molecule has 114 valence electrons. The summed E-state index contributed by atoms with van der Waals surface area (Å²) in [6, 6.07) is 0.388. The predicted octanol–water partition coefficient (Wildman–Crippen LogP) is 2.57. The van der Waals surface area contributed by atoms with Crippen LogP contribution in [0.1, 0.15) is 41.5 Å².